The average Bonchev–Trinajstić information content (AvgIpc) is 2.68. The number of halogens is 1. The lowest BCUT2D eigenvalue weighted by molar-refractivity contribution is 0.342. The number of anilines is 1. The van der Waals surface area contributed by atoms with Crippen LogP contribution in [0.2, 0.25) is 5.02 Å². The zero-order valence-electron chi connectivity index (χ0n) is 14.8. The van der Waals surface area contributed by atoms with Crippen LogP contribution in [-0.2, 0) is 6.54 Å². The van der Waals surface area contributed by atoms with Crippen LogP contribution < -0.4 is 10.6 Å². The first-order valence-corrected chi connectivity index (χ1v) is 9.75. The standard InChI is InChI=1S/C22H24ClN3/c23-17-10-11-18-19(12-13-24-22(18)14-17)26-21-9-5-4-8-20(21)25-15-16-6-2-1-3-7-16/h1-3,6-7,10-14,20-21,25H,4-5,8-9,15H2,(H,24,26). The lowest BCUT2D eigenvalue weighted by atomic mass is 9.89. The van der Waals surface area contributed by atoms with E-state index in [4.69, 9.17) is 11.6 Å². The van der Waals surface area contributed by atoms with Crippen LogP contribution >= 0.6 is 11.6 Å². The molecule has 1 fully saturated rings. The van der Waals surface area contributed by atoms with Crippen molar-refractivity contribution in [2.75, 3.05) is 5.32 Å². The minimum atomic E-state index is 0.425. The molecule has 0 spiro atoms. The zero-order chi connectivity index (χ0) is 17.8. The Bertz CT molecular complexity index is 866. The minimum Gasteiger partial charge on any atom is -0.380 e. The lowest BCUT2D eigenvalue weighted by Gasteiger charge is -2.34. The largest absolute Gasteiger partial charge is 0.380 e. The summed E-state index contributed by atoms with van der Waals surface area (Å²) in [4.78, 5) is 4.45. The highest BCUT2D eigenvalue weighted by molar-refractivity contribution is 6.31. The van der Waals surface area contributed by atoms with Gasteiger partial charge >= 0.3 is 0 Å². The maximum atomic E-state index is 6.12. The van der Waals surface area contributed by atoms with Crippen molar-refractivity contribution in [1.82, 2.24) is 10.3 Å². The fraction of sp³-hybridized carbons (Fsp3) is 0.318. The van der Waals surface area contributed by atoms with Crippen LogP contribution in [0.3, 0.4) is 0 Å². The molecule has 1 aromatic heterocycles. The highest BCUT2D eigenvalue weighted by Crippen LogP contribution is 2.28. The van der Waals surface area contributed by atoms with Crippen LogP contribution in [0.25, 0.3) is 10.9 Å². The molecule has 3 aromatic rings. The number of nitrogens with one attached hydrogen (secondary N) is 2. The van der Waals surface area contributed by atoms with Gasteiger partial charge in [-0.25, -0.2) is 0 Å². The van der Waals surface area contributed by atoms with Crippen molar-refractivity contribution in [2.45, 2.75) is 44.3 Å². The van der Waals surface area contributed by atoms with Gasteiger partial charge in [0.25, 0.3) is 0 Å². The molecule has 0 saturated heterocycles. The molecule has 0 aliphatic heterocycles. The maximum Gasteiger partial charge on any atom is 0.0737 e. The van der Waals surface area contributed by atoms with Crippen molar-refractivity contribution < 1.29 is 0 Å². The van der Waals surface area contributed by atoms with Crippen molar-refractivity contribution in [3.05, 3.63) is 71.4 Å². The Morgan fingerprint density at radius 3 is 2.62 bits per heavy atom. The molecule has 26 heavy (non-hydrogen) atoms. The Morgan fingerprint density at radius 2 is 1.77 bits per heavy atom. The van der Waals surface area contributed by atoms with Crippen LogP contribution in [0.5, 0.6) is 0 Å². The van der Waals surface area contributed by atoms with Crippen molar-refractivity contribution in [3.8, 4) is 0 Å². The van der Waals surface area contributed by atoms with Gasteiger partial charge in [0.15, 0.2) is 0 Å². The second-order valence-electron chi connectivity index (χ2n) is 7.03. The second kappa shape index (κ2) is 8.07. The minimum absolute atomic E-state index is 0.425. The number of aromatic nitrogens is 1. The Labute approximate surface area is 159 Å². The molecule has 0 amide bonds. The summed E-state index contributed by atoms with van der Waals surface area (Å²) in [6.45, 7) is 0.913. The number of benzene rings is 2. The van der Waals surface area contributed by atoms with E-state index in [0.717, 1.165) is 28.2 Å². The normalized spacial score (nSPS) is 20.2. The van der Waals surface area contributed by atoms with Crippen molar-refractivity contribution >= 4 is 28.2 Å². The van der Waals surface area contributed by atoms with E-state index in [0.29, 0.717) is 12.1 Å². The summed E-state index contributed by atoms with van der Waals surface area (Å²) in [5.74, 6) is 0. The van der Waals surface area contributed by atoms with E-state index in [1.165, 1.54) is 31.2 Å². The molecule has 3 nitrogen and oxygen atoms in total. The van der Waals surface area contributed by atoms with Gasteiger partial charge in [0.05, 0.1) is 5.52 Å². The quantitative estimate of drug-likeness (QED) is 0.635. The number of hydrogen-bond donors (Lipinski definition) is 2. The average molecular weight is 366 g/mol. The molecule has 2 N–H and O–H groups in total. The molecule has 4 rings (SSSR count). The molecule has 0 bridgehead atoms. The summed E-state index contributed by atoms with van der Waals surface area (Å²) < 4.78 is 0. The van der Waals surface area contributed by atoms with Crippen molar-refractivity contribution in [3.63, 3.8) is 0 Å². The van der Waals surface area contributed by atoms with Crippen LogP contribution in [0, 0.1) is 0 Å². The number of rotatable bonds is 5. The summed E-state index contributed by atoms with van der Waals surface area (Å²) in [7, 11) is 0. The molecule has 2 atom stereocenters. The molecule has 1 saturated carbocycles. The highest BCUT2D eigenvalue weighted by Gasteiger charge is 2.25. The van der Waals surface area contributed by atoms with Crippen LogP contribution in [0.4, 0.5) is 5.69 Å². The topological polar surface area (TPSA) is 37.0 Å². The van der Waals surface area contributed by atoms with Gasteiger partial charge < -0.3 is 10.6 Å². The summed E-state index contributed by atoms with van der Waals surface area (Å²) in [6.07, 6.45) is 6.81. The van der Waals surface area contributed by atoms with Crippen LogP contribution in [0.1, 0.15) is 31.2 Å². The first-order valence-electron chi connectivity index (χ1n) is 9.38. The molecule has 2 unspecified atom stereocenters. The van der Waals surface area contributed by atoms with Crippen LogP contribution in [0.15, 0.2) is 60.8 Å². The van der Waals surface area contributed by atoms with E-state index < -0.39 is 0 Å². The third-order valence-electron chi connectivity index (χ3n) is 5.22. The Morgan fingerprint density at radius 1 is 0.962 bits per heavy atom. The van der Waals surface area contributed by atoms with Gasteiger partial charge in [-0.2, -0.15) is 0 Å². The van der Waals surface area contributed by atoms with E-state index in [9.17, 15) is 0 Å². The fourth-order valence-corrected chi connectivity index (χ4v) is 4.01. The second-order valence-corrected chi connectivity index (χ2v) is 7.46. The third-order valence-corrected chi connectivity index (χ3v) is 5.46. The highest BCUT2D eigenvalue weighted by atomic mass is 35.5. The van der Waals surface area contributed by atoms with Gasteiger partial charge in [-0.05, 0) is 42.7 Å². The molecule has 2 aromatic carbocycles. The predicted molar refractivity (Wildman–Crippen MR) is 110 cm³/mol. The smallest absolute Gasteiger partial charge is 0.0737 e. The Kier molecular flexibility index (Phi) is 5.37. The van der Waals surface area contributed by atoms with Gasteiger partial charge in [0.1, 0.15) is 0 Å². The maximum absolute atomic E-state index is 6.12. The van der Waals surface area contributed by atoms with E-state index in [1.807, 2.05) is 18.3 Å². The zero-order valence-corrected chi connectivity index (χ0v) is 15.5. The number of nitrogens with zero attached hydrogens (tertiary/aromatic N) is 1. The van der Waals surface area contributed by atoms with E-state index in [1.54, 1.807) is 0 Å². The number of fused-ring (bicyclic) bond motifs is 1. The van der Waals surface area contributed by atoms with Gasteiger partial charge in [0, 0.05) is 40.9 Å². The summed E-state index contributed by atoms with van der Waals surface area (Å²) in [5.41, 5.74) is 3.41. The first kappa shape index (κ1) is 17.3. The van der Waals surface area contributed by atoms with Crippen LogP contribution in [-0.4, -0.2) is 17.1 Å². The van der Waals surface area contributed by atoms with Gasteiger partial charge in [-0.1, -0.05) is 54.8 Å². The Balaban J connectivity index is 1.50. The van der Waals surface area contributed by atoms with Gasteiger partial charge in [0.2, 0.25) is 0 Å². The number of hydrogen-bond acceptors (Lipinski definition) is 3. The SMILES string of the molecule is Clc1ccc2c(NC3CCCCC3NCc3ccccc3)ccnc2c1. The fourth-order valence-electron chi connectivity index (χ4n) is 3.84. The van der Waals surface area contributed by atoms with Crippen molar-refractivity contribution in [1.29, 1.82) is 0 Å². The summed E-state index contributed by atoms with van der Waals surface area (Å²) in [5, 5.41) is 9.40. The Hall–Kier alpha value is -2.10. The van der Waals surface area contributed by atoms with E-state index in [2.05, 4.69) is 58.1 Å². The lowest BCUT2D eigenvalue weighted by Crippen LogP contribution is -2.45. The van der Waals surface area contributed by atoms with Crippen molar-refractivity contribution in [2.24, 2.45) is 0 Å². The predicted octanol–water partition coefficient (Wildman–Crippen LogP) is 5.40. The summed E-state index contributed by atoms with van der Waals surface area (Å²) in [6, 6.07) is 19.5. The van der Waals surface area contributed by atoms with Gasteiger partial charge in [-0.15, -0.1) is 0 Å². The van der Waals surface area contributed by atoms with Gasteiger partial charge in [-0.3, -0.25) is 4.98 Å². The molecule has 4 heteroatoms. The molecular weight excluding hydrogens is 342 g/mol. The molecule has 1 aliphatic rings. The molecule has 1 heterocycles. The molecular formula is C22H24ClN3. The first-order chi connectivity index (χ1) is 12.8. The monoisotopic (exact) mass is 365 g/mol. The molecule has 1 aliphatic carbocycles. The van der Waals surface area contributed by atoms with E-state index >= 15 is 0 Å². The summed E-state index contributed by atoms with van der Waals surface area (Å²) >= 11 is 6.12. The molecule has 0 radical (unpaired) electrons. The third kappa shape index (κ3) is 4.00. The molecule has 134 valence electrons. The number of pyridine rings is 1. The van der Waals surface area contributed by atoms with E-state index in [-0.39, 0.29) is 0 Å².